The molecule has 1 saturated heterocycles. The number of unbranched alkanes of at least 4 members (excludes halogenated alkanes) is 1. The van der Waals surface area contributed by atoms with Gasteiger partial charge in [-0.25, -0.2) is 4.98 Å². The second kappa shape index (κ2) is 12.9. The Kier molecular flexibility index (Phi) is 8.85. The topological polar surface area (TPSA) is 123 Å². The average molecular weight is 544 g/mol. The molecule has 3 atom stereocenters. The molecule has 4 aromatic rings. The quantitative estimate of drug-likeness (QED) is 0.218. The van der Waals surface area contributed by atoms with E-state index >= 15 is 0 Å². The fourth-order valence-corrected chi connectivity index (χ4v) is 4.96. The highest BCUT2D eigenvalue weighted by molar-refractivity contribution is 5.90. The number of nitrogens with one attached hydrogen (secondary N) is 1. The highest BCUT2D eigenvalue weighted by atomic mass is 16.7. The van der Waals surface area contributed by atoms with E-state index in [4.69, 9.17) is 14.6 Å². The van der Waals surface area contributed by atoms with Crippen molar-refractivity contribution in [2.24, 2.45) is 0 Å². The second-order valence-electron chi connectivity index (χ2n) is 10.0. The third-order valence-corrected chi connectivity index (χ3v) is 7.03. The summed E-state index contributed by atoms with van der Waals surface area (Å²) < 4.78 is 15.0. The zero-order chi connectivity index (χ0) is 27.9. The van der Waals surface area contributed by atoms with Crippen molar-refractivity contribution in [3.63, 3.8) is 0 Å². The molecule has 1 amide bonds. The SMILES string of the molecule is O=C(O)CCCCC(=O)Nc1cccc([C@H]2O[C@@H](Cn3cnc4ccccc43)C[C@@H](c3ccc(CO)cc3)O2)c1. The van der Waals surface area contributed by atoms with E-state index in [2.05, 4.69) is 14.9 Å². The van der Waals surface area contributed by atoms with Crippen LogP contribution < -0.4 is 5.32 Å². The molecule has 9 heteroatoms. The molecule has 0 saturated carbocycles. The summed E-state index contributed by atoms with van der Waals surface area (Å²) >= 11 is 0. The molecule has 1 aliphatic heterocycles. The highest BCUT2D eigenvalue weighted by Crippen LogP contribution is 2.39. The summed E-state index contributed by atoms with van der Waals surface area (Å²) in [4.78, 5) is 27.6. The largest absolute Gasteiger partial charge is 0.481 e. The number of nitrogens with zero attached hydrogens (tertiary/aromatic N) is 2. The first kappa shape index (κ1) is 27.5. The maximum atomic E-state index is 12.4. The van der Waals surface area contributed by atoms with E-state index in [0.29, 0.717) is 31.5 Å². The molecule has 0 bridgehead atoms. The minimum Gasteiger partial charge on any atom is -0.481 e. The number of imidazole rings is 1. The van der Waals surface area contributed by atoms with Crippen LogP contribution in [-0.2, 0) is 32.2 Å². The van der Waals surface area contributed by atoms with Crippen molar-refractivity contribution in [1.82, 2.24) is 9.55 Å². The van der Waals surface area contributed by atoms with Crippen molar-refractivity contribution in [3.8, 4) is 0 Å². The normalized spacial score (nSPS) is 19.0. The summed E-state index contributed by atoms with van der Waals surface area (Å²) in [5.74, 6) is -1.03. The Hall–Kier alpha value is -4.05. The number of ether oxygens (including phenoxy) is 2. The minimum atomic E-state index is -0.859. The molecule has 3 aromatic carbocycles. The first-order valence-corrected chi connectivity index (χ1v) is 13.5. The number of carboxylic acids is 1. The Labute approximate surface area is 232 Å². The van der Waals surface area contributed by atoms with Crippen molar-refractivity contribution in [3.05, 3.63) is 95.8 Å². The lowest BCUT2D eigenvalue weighted by Crippen LogP contribution is -2.32. The van der Waals surface area contributed by atoms with E-state index < -0.39 is 12.3 Å². The molecule has 2 heterocycles. The molecular weight excluding hydrogens is 510 g/mol. The van der Waals surface area contributed by atoms with Gasteiger partial charge in [-0.3, -0.25) is 9.59 Å². The molecule has 1 fully saturated rings. The predicted molar refractivity (Wildman–Crippen MR) is 149 cm³/mol. The Morgan fingerprint density at radius 1 is 0.950 bits per heavy atom. The van der Waals surface area contributed by atoms with E-state index in [-0.39, 0.29) is 37.6 Å². The number of fused-ring (bicyclic) bond motifs is 1. The molecule has 0 radical (unpaired) electrons. The van der Waals surface area contributed by atoms with Crippen LogP contribution in [0.3, 0.4) is 0 Å². The summed E-state index contributed by atoms with van der Waals surface area (Å²) in [7, 11) is 0. The summed E-state index contributed by atoms with van der Waals surface area (Å²) in [6.07, 6.45) is 2.66. The molecule has 5 rings (SSSR count). The Morgan fingerprint density at radius 3 is 2.55 bits per heavy atom. The molecule has 0 spiro atoms. The molecule has 9 nitrogen and oxygen atoms in total. The number of aliphatic hydroxyl groups excluding tert-OH is 1. The lowest BCUT2D eigenvalue weighted by Gasteiger charge is -2.36. The van der Waals surface area contributed by atoms with Crippen LogP contribution >= 0.6 is 0 Å². The Bertz CT molecular complexity index is 1450. The second-order valence-corrected chi connectivity index (χ2v) is 10.0. The standard InChI is InChI=1S/C31H33N3O6/c35-19-21-12-14-22(15-13-21)28-17-25(18-34-20-32-26-8-1-2-9-27(26)34)39-31(40-28)23-6-5-7-24(16-23)33-29(36)10-3-4-11-30(37)38/h1-2,5-9,12-16,20,25,28,31,35H,3-4,10-11,17-19H2,(H,33,36)(H,37,38)/t25-,28+,31+/m1/s1. The summed E-state index contributed by atoms with van der Waals surface area (Å²) in [5, 5.41) is 21.1. The van der Waals surface area contributed by atoms with Gasteiger partial charge in [0.2, 0.25) is 5.91 Å². The first-order valence-electron chi connectivity index (χ1n) is 13.5. The van der Waals surface area contributed by atoms with Gasteiger partial charge in [0.15, 0.2) is 6.29 Å². The van der Waals surface area contributed by atoms with Crippen molar-refractivity contribution in [2.45, 2.75) is 63.8 Å². The number of hydrogen-bond acceptors (Lipinski definition) is 6. The molecule has 3 N–H and O–H groups in total. The van der Waals surface area contributed by atoms with Crippen LogP contribution in [0.4, 0.5) is 5.69 Å². The number of carbonyl (C=O) groups excluding carboxylic acids is 1. The van der Waals surface area contributed by atoms with Gasteiger partial charge in [0.25, 0.3) is 0 Å². The van der Waals surface area contributed by atoms with Gasteiger partial charge < -0.3 is 29.6 Å². The molecule has 208 valence electrons. The number of anilines is 1. The van der Waals surface area contributed by atoms with Crippen LogP contribution in [0, 0.1) is 0 Å². The van der Waals surface area contributed by atoms with Crippen molar-refractivity contribution in [1.29, 1.82) is 0 Å². The number of aromatic nitrogens is 2. The monoisotopic (exact) mass is 543 g/mol. The third kappa shape index (κ3) is 6.93. The highest BCUT2D eigenvalue weighted by Gasteiger charge is 2.32. The number of aliphatic hydroxyl groups is 1. The van der Waals surface area contributed by atoms with E-state index in [9.17, 15) is 14.7 Å². The van der Waals surface area contributed by atoms with Gasteiger partial charge in [-0.1, -0.05) is 48.5 Å². The van der Waals surface area contributed by atoms with Gasteiger partial charge in [0.1, 0.15) is 0 Å². The molecule has 1 aromatic heterocycles. The maximum Gasteiger partial charge on any atom is 0.303 e. The van der Waals surface area contributed by atoms with E-state index in [1.54, 1.807) is 0 Å². The molecule has 0 unspecified atom stereocenters. The van der Waals surface area contributed by atoms with Crippen molar-refractivity contribution < 1.29 is 29.3 Å². The number of para-hydroxylation sites is 2. The van der Waals surface area contributed by atoms with Gasteiger partial charge in [0.05, 0.1) is 42.7 Å². The minimum absolute atomic E-state index is 0.0219. The van der Waals surface area contributed by atoms with Gasteiger partial charge in [-0.2, -0.15) is 0 Å². The average Bonchev–Trinajstić information content (AvgIpc) is 3.38. The third-order valence-electron chi connectivity index (χ3n) is 7.03. The number of rotatable bonds is 11. The Balaban J connectivity index is 1.33. The van der Waals surface area contributed by atoms with Gasteiger partial charge in [-0.05, 0) is 48.2 Å². The molecular formula is C31H33N3O6. The van der Waals surface area contributed by atoms with Gasteiger partial charge in [-0.15, -0.1) is 0 Å². The summed E-state index contributed by atoms with van der Waals surface area (Å²) in [6, 6.07) is 23.1. The van der Waals surface area contributed by atoms with Crippen LogP contribution in [0.15, 0.2) is 79.1 Å². The lowest BCUT2D eigenvalue weighted by molar-refractivity contribution is -0.252. The van der Waals surface area contributed by atoms with Crippen LogP contribution in [0.5, 0.6) is 0 Å². The van der Waals surface area contributed by atoms with Crippen LogP contribution in [0.1, 0.15) is 61.2 Å². The lowest BCUT2D eigenvalue weighted by atomic mass is 10.00. The first-order chi connectivity index (χ1) is 19.5. The van der Waals surface area contributed by atoms with Crippen LogP contribution in [0.25, 0.3) is 11.0 Å². The fraction of sp³-hybridized carbons (Fsp3) is 0.323. The molecule has 0 aliphatic carbocycles. The molecule has 1 aliphatic rings. The van der Waals surface area contributed by atoms with Crippen LogP contribution in [-0.4, -0.2) is 37.7 Å². The van der Waals surface area contributed by atoms with Gasteiger partial charge in [0, 0.05) is 30.5 Å². The number of hydrogen-bond donors (Lipinski definition) is 3. The van der Waals surface area contributed by atoms with Gasteiger partial charge >= 0.3 is 5.97 Å². The van der Waals surface area contributed by atoms with E-state index in [1.165, 1.54) is 0 Å². The zero-order valence-electron chi connectivity index (χ0n) is 22.1. The smallest absolute Gasteiger partial charge is 0.303 e. The maximum absolute atomic E-state index is 12.4. The fourth-order valence-electron chi connectivity index (χ4n) is 4.96. The van der Waals surface area contributed by atoms with Crippen LogP contribution in [0.2, 0.25) is 0 Å². The summed E-state index contributed by atoms with van der Waals surface area (Å²) in [5.41, 5.74) is 5.19. The number of carboxylic acid groups (broad SMARTS) is 1. The van der Waals surface area contributed by atoms with Crippen molar-refractivity contribution in [2.75, 3.05) is 5.32 Å². The van der Waals surface area contributed by atoms with E-state index in [0.717, 1.165) is 27.7 Å². The number of carbonyl (C=O) groups is 2. The zero-order valence-corrected chi connectivity index (χ0v) is 22.1. The van der Waals surface area contributed by atoms with Crippen molar-refractivity contribution >= 4 is 28.6 Å². The molecule has 40 heavy (non-hydrogen) atoms. The number of amides is 1. The predicted octanol–water partition coefficient (Wildman–Crippen LogP) is 5.36. The number of benzene rings is 3. The Morgan fingerprint density at radius 2 is 1.75 bits per heavy atom. The summed E-state index contributed by atoms with van der Waals surface area (Å²) in [6.45, 7) is 0.574. The van der Waals surface area contributed by atoms with E-state index in [1.807, 2.05) is 79.1 Å². The number of aliphatic carboxylic acids is 1.